The summed E-state index contributed by atoms with van der Waals surface area (Å²) >= 11 is 0. The van der Waals surface area contributed by atoms with Crippen molar-refractivity contribution >= 4 is 22.6 Å². The highest BCUT2D eigenvalue weighted by atomic mass is 14.9. The number of aliphatic imine (C=N–C) groups is 2. The second-order valence-electron chi connectivity index (χ2n) is 13.1. The first-order valence-corrected chi connectivity index (χ1v) is 16.3. The van der Waals surface area contributed by atoms with Crippen molar-refractivity contribution in [1.82, 2.24) is 9.97 Å². The van der Waals surface area contributed by atoms with Gasteiger partial charge in [0.15, 0.2) is 0 Å². The molecule has 4 heteroatoms. The second-order valence-corrected chi connectivity index (χ2v) is 13.1. The van der Waals surface area contributed by atoms with Crippen molar-refractivity contribution in [2.45, 2.75) is 56.8 Å². The van der Waals surface area contributed by atoms with E-state index in [2.05, 4.69) is 119 Å². The Morgan fingerprint density at radius 3 is 1.34 bits per heavy atom. The first-order chi connectivity index (χ1) is 21.7. The summed E-state index contributed by atoms with van der Waals surface area (Å²) < 4.78 is 0. The number of aromatic nitrogens is 2. The first kappa shape index (κ1) is 25.8. The minimum atomic E-state index is -0.174. The van der Waals surface area contributed by atoms with Gasteiger partial charge < -0.3 is 9.97 Å². The Morgan fingerprint density at radius 2 is 0.886 bits per heavy atom. The van der Waals surface area contributed by atoms with Crippen LogP contribution < -0.4 is 0 Å². The van der Waals surface area contributed by atoms with E-state index in [-0.39, 0.29) is 10.8 Å². The van der Waals surface area contributed by atoms with Crippen molar-refractivity contribution in [3.63, 3.8) is 0 Å². The minimum Gasteiger partial charge on any atom is -0.358 e. The molecule has 2 spiro atoms. The molecule has 5 heterocycles. The number of nitrogens with zero attached hydrogens (tertiary/aromatic N) is 2. The number of nitrogens with one attached hydrogen (secondary N) is 2. The lowest BCUT2D eigenvalue weighted by Gasteiger charge is -2.28. The fraction of sp³-hybridized carbons (Fsp3) is 0.250. The molecule has 2 fully saturated rings. The van der Waals surface area contributed by atoms with E-state index >= 15 is 0 Å². The van der Waals surface area contributed by atoms with Crippen molar-refractivity contribution in [1.29, 1.82) is 0 Å². The van der Waals surface area contributed by atoms with Gasteiger partial charge in [-0.25, -0.2) is 0 Å². The predicted octanol–water partition coefficient (Wildman–Crippen LogP) is 9.32. The monoisotopic (exact) mass is 572 g/mol. The number of benzene rings is 2. The molecule has 0 saturated heterocycles. The van der Waals surface area contributed by atoms with Crippen LogP contribution >= 0.6 is 0 Å². The number of fused-ring (bicyclic) bond motifs is 10. The Balaban J connectivity index is 1.34. The van der Waals surface area contributed by atoms with Gasteiger partial charge in [-0.3, -0.25) is 9.98 Å². The molecule has 216 valence electrons. The molecule has 0 atom stereocenters. The Bertz CT molecular complexity index is 1810. The molecule has 9 rings (SSSR count). The molecular weight excluding hydrogens is 536 g/mol. The van der Waals surface area contributed by atoms with Crippen LogP contribution in [0.25, 0.3) is 11.1 Å². The van der Waals surface area contributed by atoms with Gasteiger partial charge in [0.25, 0.3) is 0 Å². The lowest BCUT2D eigenvalue weighted by Crippen LogP contribution is -2.33. The number of H-pyrrole nitrogens is 2. The van der Waals surface area contributed by atoms with Gasteiger partial charge in [0.2, 0.25) is 0 Å². The van der Waals surface area contributed by atoms with E-state index in [4.69, 9.17) is 9.98 Å². The molecule has 4 nitrogen and oxygen atoms in total. The molecule has 2 aromatic carbocycles. The molecule has 4 aromatic rings. The molecular formula is C40H36N4. The van der Waals surface area contributed by atoms with E-state index < -0.39 is 0 Å². The third kappa shape index (κ3) is 3.83. The van der Waals surface area contributed by atoms with Crippen molar-refractivity contribution in [2.24, 2.45) is 15.4 Å². The van der Waals surface area contributed by atoms with Gasteiger partial charge in [-0.1, -0.05) is 86.3 Å². The van der Waals surface area contributed by atoms with Crippen molar-refractivity contribution in [3.05, 3.63) is 155 Å². The van der Waals surface area contributed by atoms with Crippen molar-refractivity contribution < 1.29 is 0 Å². The summed E-state index contributed by atoms with van der Waals surface area (Å²) in [4.78, 5) is 18.9. The number of rotatable bonds is 2. The van der Waals surface area contributed by atoms with Crippen LogP contribution in [0.2, 0.25) is 0 Å². The van der Waals surface area contributed by atoms with Crippen molar-refractivity contribution in [2.75, 3.05) is 0 Å². The summed E-state index contributed by atoms with van der Waals surface area (Å²) in [6.07, 6.45) is 18.2. The van der Waals surface area contributed by atoms with E-state index in [1.54, 1.807) is 0 Å². The topological polar surface area (TPSA) is 56.3 Å². The first-order valence-electron chi connectivity index (χ1n) is 16.3. The van der Waals surface area contributed by atoms with Crippen LogP contribution in [0.4, 0.5) is 0 Å². The third-order valence-electron chi connectivity index (χ3n) is 10.8. The second kappa shape index (κ2) is 9.92. The lowest BCUT2D eigenvalue weighted by atomic mass is 9.76. The largest absolute Gasteiger partial charge is 0.358 e. The Morgan fingerprint density at radius 1 is 0.455 bits per heavy atom. The fourth-order valence-electron chi connectivity index (χ4n) is 8.55. The SMILES string of the molecule is C1=C/C2=C(\c3ccccc3)c3ccc([nH]3)C3(CCCC3)c3ccc([nH]3)/C(c3ccccc3)=C3/C=CC(=N3)C3(CCCC3)C1=N2. The molecule has 2 aromatic heterocycles. The Kier molecular flexibility index (Phi) is 5.81. The van der Waals surface area contributed by atoms with Crippen LogP contribution in [0.5, 0.6) is 0 Å². The summed E-state index contributed by atoms with van der Waals surface area (Å²) in [5, 5.41) is 0. The molecule has 0 amide bonds. The van der Waals surface area contributed by atoms with Gasteiger partial charge in [-0.05, 0) is 85.4 Å². The lowest BCUT2D eigenvalue weighted by molar-refractivity contribution is 0.507. The van der Waals surface area contributed by atoms with Crippen LogP contribution in [0.1, 0.15) is 85.3 Å². The van der Waals surface area contributed by atoms with E-state index in [1.807, 2.05) is 0 Å². The van der Waals surface area contributed by atoms with Crippen LogP contribution in [0, 0.1) is 5.41 Å². The van der Waals surface area contributed by atoms with Gasteiger partial charge in [0.05, 0.1) is 33.6 Å². The number of allylic oxidation sites excluding steroid dienone is 4. The zero-order chi connectivity index (χ0) is 29.1. The van der Waals surface area contributed by atoms with Gasteiger partial charge >= 0.3 is 0 Å². The summed E-state index contributed by atoms with van der Waals surface area (Å²) in [5.41, 5.74) is 13.6. The number of hydrogen-bond acceptors (Lipinski definition) is 2. The smallest absolute Gasteiger partial charge is 0.0733 e. The predicted molar refractivity (Wildman–Crippen MR) is 180 cm³/mol. The summed E-state index contributed by atoms with van der Waals surface area (Å²) in [7, 11) is 0. The summed E-state index contributed by atoms with van der Waals surface area (Å²) in [6, 6.07) is 30.8. The van der Waals surface area contributed by atoms with Crippen LogP contribution in [-0.4, -0.2) is 21.4 Å². The molecule has 5 aliphatic rings. The molecule has 8 bridgehead atoms. The average molecular weight is 573 g/mol. The molecule has 3 aliphatic heterocycles. The molecule has 0 radical (unpaired) electrons. The van der Waals surface area contributed by atoms with E-state index in [0.29, 0.717) is 0 Å². The number of aromatic amines is 2. The minimum absolute atomic E-state index is 0.0830. The zero-order valence-corrected chi connectivity index (χ0v) is 24.9. The summed E-state index contributed by atoms with van der Waals surface area (Å²) in [5.74, 6) is 0. The third-order valence-corrected chi connectivity index (χ3v) is 10.8. The average Bonchev–Trinajstić information content (AvgIpc) is 3.89. The maximum absolute atomic E-state index is 5.47. The Labute approximate surface area is 258 Å². The summed E-state index contributed by atoms with van der Waals surface area (Å²) in [6.45, 7) is 0. The van der Waals surface area contributed by atoms with Gasteiger partial charge in [-0.2, -0.15) is 0 Å². The maximum atomic E-state index is 5.47. The molecule has 2 N–H and O–H groups in total. The van der Waals surface area contributed by atoms with Crippen LogP contribution in [0.15, 0.2) is 131 Å². The highest BCUT2D eigenvalue weighted by Crippen LogP contribution is 2.49. The highest BCUT2D eigenvalue weighted by Gasteiger charge is 2.44. The fourth-order valence-corrected chi connectivity index (χ4v) is 8.55. The standard InChI is InChI=1S/C40H36N4/c1-3-11-27(12-4-1)37-29-15-19-33(41-29)39(23-7-8-24-39)35-21-17-31(43-35)38(28-13-5-2-6-14-28)32-18-22-36(44-32)40(25-9-10-26-40)34-20-16-30(37)42-34/h1-6,11-22,41,43H,7-10,23-26H2/b37-30-,38-32-. The van der Waals surface area contributed by atoms with Gasteiger partial charge in [0, 0.05) is 33.9 Å². The van der Waals surface area contributed by atoms with Gasteiger partial charge in [-0.15, -0.1) is 0 Å². The molecule has 44 heavy (non-hydrogen) atoms. The van der Waals surface area contributed by atoms with Crippen LogP contribution in [0.3, 0.4) is 0 Å². The van der Waals surface area contributed by atoms with Crippen LogP contribution in [-0.2, 0) is 5.41 Å². The highest BCUT2D eigenvalue weighted by molar-refractivity contribution is 6.23. The zero-order valence-electron chi connectivity index (χ0n) is 24.9. The molecule has 0 unspecified atom stereocenters. The number of hydrogen-bond donors (Lipinski definition) is 2. The van der Waals surface area contributed by atoms with E-state index in [0.717, 1.165) is 59.9 Å². The van der Waals surface area contributed by atoms with E-state index in [1.165, 1.54) is 59.3 Å². The molecule has 2 saturated carbocycles. The van der Waals surface area contributed by atoms with E-state index in [9.17, 15) is 0 Å². The van der Waals surface area contributed by atoms with Gasteiger partial charge in [0.1, 0.15) is 0 Å². The molecule has 2 aliphatic carbocycles. The normalized spacial score (nSPS) is 24.5. The van der Waals surface area contributed by atoms with Crippen molar-refractivity contribution in [3.8, 4) is 0 Å². The quantitative estimate of drug-likeness (QED) is 0.241. The maximum Gasteiger partial charge on any atom is 0.0733 e. The Hall–Kier alpha value is -4.70.